The fraction of sp³-hybridized carbons (Fsp3) is 0.949. The van der Waals surface area contributed by atoms with E-state index in [1.807, 2.05) is 0 Å². The number of carbonyl (C=O) groups excluding carboxylic acids is 4. The van der Waals surface area contributed by atoms with Gasteiger partial charge < -0.3 is 33.8 Å². The molecule has 0 saturated heterocycles. The second kappa shape index (κ2) is 71.1. The quantitative estimate of drug-likeness (QED) is 0.0222. The molecule has 3 N–H and O–H groups in total. The number of aliphatic hydroxyl groups excluding tert-OH is 1. The third kappa shape index (κ3) is 72.2. The summed E-state index contributed by atoms with van der Waals surface area (Å²) in [5.41, 5.74) is 0. The number of unbranched alkanes of at least 4 members (excludes halogenated alkanes) is 50. The number of ether oxygens (including phenoxy) is 4. The first-order valence-corrected chi connectivity index (χ1v) is 43.6. The van der Waals surface area contributed by atoms with Crippen molar-refractivity contribution in [1.82, 2.24) is 0 Å². The summed E-state index contributed by atoms with van der Waals surface area (Å²) < 4.78 is 68.5. The molecular formula is C78H152O17P2. The van der Waals surface area contributed by atoms with Gasteiger partial charge in [0.05, 0.1) is 26.4 Å². The Hall–Kier alpha value is -1.94. The van der Waals surface area contributed by atoms with Crippen LogP contribution in [0.3, 0.4) is 0 Å². The van der Waals surface area contributed by atoms with Crippen LogP contribution in [-0.4, -0.2) is 96.7 Å². The van der Waals surface area contributed by atoms with Gasteiger partial charge in [-0.25, -0.2) is 9.13 Å². The van der Waals surface area contributed by atoms with Crippen molar-refractivity contribution in [2.24, 2.45) is 5.92 Å². The van der Waals surface area contributed by atoms with E-state index in [1.54, 1.807) is 0 Å². The Morgan fingerprint density at radius 1 is 0.278 bits per heavy atom. The zero-order valence-corrected chi connectivity index (χ0v) is 65.0. The second-order valence-electron chi connectivity index (χ2n) is 28.6. The maximum absolute atomic E-state index is 13.1. The van der Waals surface area contributed by atoms with Crippen molar-refractivity contribution in [2.75, 3.05) is 39.6 Å². The molecule has 0 aromatic rings. The number of esters is 4. The minimum absolute atomic E-state index is 0.108. The van der Waals surface area contributed by atoms with E-state index in [0.717, 1.165) is 102 Å². The highest BCUT2D eigenvalue weighted by molar-refractivity contribution is 7.47. The summed E-state index contributed by atoms with van der Waals surface area (Å²) in [4.78, 5) is 72.8. The summed E-state index contributed by atoms with van der Waals surface area (Å²) in [5, 5.41) is 10.6. The van der Waals surface area contributed by atoms with Gasteiger partial charge in [0.1, 0.15) is 19.3 Å². The van der Waals surface area contributed by atoms with Gasteiger partial charge in [0.25, 0.3) is 0 Å². The lowest BCUT2D eigenvalue weighted by molar-refractivity contribution is -0.161. The van der Waals surface area contributed by atoms with E-state index in [9.17, 15) is 43.2 Å². The molecule has 5 atom stereocenters. The lowest BCUT2D eigenvalue weighted by Crippen LogP contribution is -2.30. The van der Waals surface area contributed by atoms with E-state index >= 15 is 0 Å². The van der Waals surface area contributed by atoms with E-state index in [4.69, 9.17) is 37.0 Å². The SMILES string of the molecule is CCCCCCCCCCCCCCCCCCCCCCCC(=O)O[C@H](COC(=O)CCCCCCCCCCCCCC(C)C)COP(=O)(O)OC[C@@H](O)COP(=O)(O)OC[C@@H](COC(=O)CCCCCCCCCC)OC(=O)CCCCCCCCCCCCCCCC. The fourth-order valence-corrected chi connectivity index (χ4v) is 13.6. The maximum atomic E-state index is 13.1. The molecule has 0 radical (unpaired) electrons. The molecule has 0 bridgehead atoms. The molecule has 0 rings (SSSR count). The Morgan fingerprint density at radius 2 is 0.474 bits per heavy atom. The average Bonchev–Trinajstić information content (AvgIpc) is 2.87. The van der Waals surface area contributed by atoms with Gasteiger partial charge >= 0.3 is 39.5 Å². The van der Waals surface area contributed by atoms with E-state index in [0.29, 0.717) is 25.7 Å². The normalized spacial score (nSPS) is 13.9. The molecule has 2 unspecified atom stereocenters. The predicted octanol–water partition coefficient (Wildman–Crippen LogP) is 23.3. The summed E-state index contributed by atoms with van der Waals surface area (Å²) in [6, 6.07) is 0. The molecule has 17 nitrogen and oxygen atoms in total. The van der Waals surface area contributed by atoms with Crippen molar-refractivity contribution in [3.63, 3.8) is 0 Å². The molecule has 97 heavy (non-hydrogen) atoms. The summed E-state index contributed by atoms with van der Waals surface area (Å²) in [6.07, 6.45) is 61.1. The highest BCUT2D eigenvalue weighted by atomic mass is 31.2. The molecule has 0 saturated carbocycles. The Bertz CT molecular complexity index is 1860. The van der Waals surface area contributed by atoms with Gasteiger partial charge in [-0.1, -0.05) is 362 Å². The zero-order valence-electron chi connectivity index (χ0n) is 63.2. The Balaban J connectivity index is 5.18. The molecule has 0 aromatic heterocycles. The number of phosphoric ester groups is 2. The standard InChI is InChI=1S/C78H152O17P2/c1-6-9-12-15-18-21-23-25-27-28-29-30-31-32-33-35-39-44-49-54-59-64-78(83)95-74(68-89-76(81)62-57-52-47-42-40-36-37-41-45-50-55-60-71(4)5)70-93-97(86,87)91-66-72(79)65-90-96(84,85)92-69-73(67-88-75(80)61-56-51-46-20-17-14-11-8-3)94-77(82)63-58-53-48-43-38-34-26-24-22-19-16-13-10-7-2/h71-74,79H,6-70H2,1-5H3,(H,84,85)(H,86,87)/t72-,73+,74+/m0/s1. The van der Waals surface area contributed by atoms with Crippen LogP contribution in [0.25, 0.3) is 0 Å². The third-order valence-electron chi connectivity index (χ3n) is 18.3. The van der Waals surface area contributed by atoms with Crippen molar-refractivity contribution in [2.45, 2.75) is 432 Å². The highest BCUT2D eigenvalue weighted by Gasteiger charge is 2.30. The number of carbonyl (C=O) groups is 4. The maximum Gasteiger partial charge on any atom is 0.472 e. The molecule has 576 valence electrons. The number of hydrogen-bond donors (Lipinski definition) is 3. The molecule has 0 aromatic carbocycles. The molecule has 19 heteroatoms. The number of hydrogen-bond acceptors (Lipinski definition) is 15. The molecule has 0 spiro atoms. The van der Waals surface area contributed by atoms with Gasteiger partial charge in [-0.2, -0.15) is 0 Å². The van der Waals surface area contributed by atoms with Crippen LogP contribution in [-0.2, 0) is 65.4 Å². The van der Waals surface area contributed by atoms with Crippen molar-refractivity contribution >= 4 is 39.5 Å². The van der Waals surface area contributed by atoms with Gasteiger partial charge in [-0.15, -0.1) is 0 Å². The van der Waals surface area contributed by atoms with Crippen LogP contribution in [0, 0.1) is 5.92 Å². The van der Waals surface area contributed by atoms with E-state index in [2.05, 4.69) is 34.6 Å². The summed E-state index contributed by atoms with van der Waals surface area (Å²) in [5.74, 6) is -1.34. The smallest absolute Gasteiger partial charge is 0.462 e. The minimum atomic E-state index is -4.96. The third-order valence-corrected chi connectivity index (χ3v) is 20.2. The van der Waals surface area contributed by atoms with Gasteiger partial charge in [0, 0.05) is 25.7 Å². The van der Waals surface area contributed by atoms with E-state index in [1.165, 1.54) is 231 Å². The Labute approximate surface area is 594 Å². The first kappa shape index (κ1) is 95.1. The summed E-state index contributed by atoms with van der Waals surface area (Å²) in [6.45, 7) is 7.29. The van der Waals surface area contributed by atoms with Crippen LogP contribution in [0.4, 0.5) is 0 Å². The molecule has 0 fully saturated rings. The Morgan fingerprint density at radius 3 is 0.701 bits per heavy atom. The predicted molar refractivity (Wildman–Crippen MR) is 395 cm³/mol. The largest absolute Gasteiger partial charge is 0.472 e. The first-order valence-electron chi connectivity index (χ1n) is 40.6. The second-order valence-corrected chi connectivity index (χ2v) is 31.5. The van der Waals surface area contributed by atoms with Crippen LogP contribution in [0.15, 0.2) is 0 Å². The molecular weight excluding hydrogens is 1270 g/mol. The van der Waals surface area contributed by atoms with Gasteiger partial charge in [0.2, 0.25) is 0 Å². The van der Waals surface area contributed by atoms with Gasteiger partial charge in [0.15, 0.2) is 12.2 Å². The summed E-state index contributed by atoms with van der Waals surface area (Å²) in [7, 11) is -9.91. The fourth-order valence-electron chi connectivity index (χ4n) is 12.1. The lowest BCUT2D eigenvalue weighted by atomic mass is 10.0. The molecule has 0 heterocycles. The zero-order chi connectivity index (χ0) is 71.2. The Kier molecular flexibility index (Phi) is 69.6. The molecule has 0 aliphatic rings. The van der Waals surface area contributed by atoms with Crippen LogP contribution >= 0.6 is 15.6 Å². The van der Waals surface area contributed by atoms with E-state index < -0.39 is 97.5 Å². The molecule has 0 amide bonds. The highest BCUT2D eigenvalue weighted by Crippen LogP contribution is 2.45. The number of phosphoric acid groups is 2. The molecule has 0 aliphatic carbocycles. The van der Waals surface area contributed by atoms with Crippen LogP contribution in [0.2, 0.25) is 0 Å². The van der Waals surface area contributed by atoms with Gasteiger partial charge in [-0.05, 0) is 31.6 Å². The first-order chi connectivity index (χ1) is 47.0. The lowest BCUT2D eigenvalue weighted by Gasteiger charge is -2.21. The van der Waals surface area contributed by atoms with Gasteiger partial charge in [-0.3, -0.25) is 37.3 Å². The number of rotatable bonds is 78. The minimum Gasteiger partial charge on any atom is -0.462 e. The van der Waals surface area contributed by atoms with Crippen molar-refractivity contribution < 1.29 is 80.2 Å². The van der Waals surface area contributed by atoms with Crippen LogP contribution < -0.4 is 0 Å². The number of aliphatic hydroxyl groups is 1. The average molecular weight is 1420 g/mol. The topological polar surface area (TPSA) is 237 Å². The molecule has 0 aliphatic heterocycles. The van der Waals surface area contributed by atoms with E-state index in [-0.39, 0.29) is 25.7 Å². The van der Waals surface area contributed by atoms with Crippen molar-refractivity contribution in [3.8, 4) is 0 Å². The van der Waals surface area contributed by atoms with Crippen LogP contribution in [0.5, 0.6) is 0 Å². The summed E-state index contributed by atoms with van der Waals surface area (Å²) >= 11 is 0. The van der Waals surface area contributed by atoms with Crippen molar-refractivity contribution in [1.29, 1.82) is 0 Å². The monoisotopic (exact) mass is 1420 g/mol. The van der Waals surface area contributed by atoms with Crippen LogP contribution in [0.1, 0.15) is 413 Å². The van der Waals surface area contributed by atoms with Crippen molar-refractivity contribution in [3.05, 3.63) is 0 Å².